The van der Waals surface area contributed by atoms with Crippen molar-refractivity contribution in [1.82, 2.24) is 10.6 Å². The van der Waals surface area contributed by atoms with E-state index in [1.807, 2.05) is 6.92 Å². The van der Waals surface area contributed by atoms with Gasteiger partial charge >= 0.3 is 6.03 Å². The summed E-state index contributed by atoms with van der Waals surface area (Å²) < 4.78 is 5.31. The normalized spacial score (nSPS) is 25.0. The highest BCUT2D eigenvalue weighted by molar-refractivity contribution is 5.74. The molecule has 0 bridgehead atoms. The van der Waals surface area contributed by atoms with E-state index in [1.54, 1.807) is 0 Å². The van der Waals surface area contributed by atoms with Crippen LogP contribution in [0, 0.1) is 5.92 Å². The topological polar surface area (TPSA) is 70.6 Å². The summed E-state index contributed by atoms with van der Waals surface area (Å²) in [6, 6.07) is -0.0146. The maximum absolute atomic E-state index is 11.7. The summed E-state index contributed by atoms with van der Waals surface area (Å²) in [7, 11) is 0. The summed E-state index contributed by atoms with van der Waals surface area (Å²) in [5.41, 5.74) is -0.654. The number of nitrogens with one attached hydrogen (secondary N) is 2. The van der Waals surface area contributed by atoms with E-state index < -0.39 is 5.60 Å². The van der Waals surface area contributed by atoms with Crippen LogP contribution in [-0.2, 0) is 4.74 Å². The van der Waals surface area contributed by atoms with E-state index in [0.717, 1.165) is 45.3 Å². The van der Waals surface area contributed by atoms with Crippen LogP contribution < -0.4 is 10.6 Å². The molecule has 1 unspecified atom stereocenters. The van der Waals surface area contributed by atoms with Crippen molar-refractivity contribution in [3.8, 4) is 0 Å². The molecule has 1 saturated heterocycles. The number of carbonyl (C=O) groups excluding carboxylic acids is 1. The highest BCUT2D eigenvalue weighted by Gasteiger charge is 2.34. The van der Waals surface area contributed by atoms with E-state index in [4.69, 9.17) is 4.74 Å². The Labute approximate surface area is 108 Å². The van der Waals surface area contributed by atoms with Crippen LogP contribution in [0.5, 0.6) is 0 Å². The first-order valence-electron chi connectivity index (χ1n) is 6.94. The van der Waals surface area contributed by atoms with Gasteiger partial charge in [-0.15, -0.1) is 0 Å². The van der Waals surface area contributed by atoms with Crippen LogP contribution in [0.15, 0.2) is 0 Å². The van der Waals surface area contributed by atoms with Crippen molar-refractivity contribution < 1.29 is 14.6 Å². The number of aliphatic hydroxyl groups is 1. The van der Waals surface area contributed by atoms with Gasteiger partial charge in [-0.25, -0.2) is 4.79 Å². The van der Waals surface area contributed by atoms with Gasteiger partial charge in [0.1, 0.15) is 0 Å². The predicted molar refractivity (Wildman–Crippen MR) is 68.3 cm³/mol. The van der Waals surface area contributed by atoms with Gasteiger partial charge in [-0.3, -0.25) is 0 Å². The van der Waals surface area contributed by atoms with Crippen molar-refractivity contribution in [2.75, 3.05) is 19.8 Å². The molecule has 5 nitrogen and oxygen atoms in total. The molecule has 104 valence electrons. The van der Waals surface area contributed by atoms with E-state index in [-0.39, 0.29) is 12.1 Å². The van der Waals surface area contributed by atoms with Crippen LogP contribution in [0.1, 0.15) is 39.0 Å². The fraction of sp³-hybridized carbons (Fsp3) is 0.923. The minimum absolute atomic E-state index is 0.157. The number of carbonyl (C=O) groups is 1. The van der Waals surface area contributed by atoms with Crippen LogP contribution in [-0.4, -0.2) is 42.5 Å². The molecule has 0 aromatic carbocycles. The third-order valence-corrected chi connectivity index (χ3v) is 4.19. The average molecular weight is 256 g/mol. The minimum Gasteiger partial charge on any atom is -0.388 e. The van der Waals surface area contributed by atoms with Crippen molar-refractivity contribution >= 4 is 6.03 Å². The largest absolute Gasteiger partial charge is 0.388 e. The molecule has 2 fully saturated rings. The fourth-order valence-electron chi connectivity index (χ4n) is 2.60. The van der Waals surface area contributed by atoms with Crippen molar-refractivity contribution in [2.24, 2.45) is 5.92 Å². The number of amides is 2. The second-order valence-corrected chi connectivity index (χ2v) is 5.64. The average Bonchev–Trinajstić information content (AvgIpc) is 2.35. The Bertz CT molecular complexity index is 286. The fourth-order valence-corrected chi connectivity index (χ4v) is 2.60. The van der Waals surface area contributed by atoms with Gasteiger partial charge in [-0.05, 0) is 44.9 Å². The molecule has 0 aromatic rings. The lowest BCUT2D eigenvalue weighted by molar-refractivity contribution is -0.0291. The second-order valence-electron chi connectivity index (χ2n) is 5.64. The molecule has 1 saturated carbocycles. The molecule has 5 heteroatoms. The molecule has 3 N–H and O–H groups in total. The summed E-state index contributed by atoms with van der Waals surface area (Å²) in [4.78, 5) is 11.7. The third kappa shape index (κ3) is 3.59. The Morgan fingerprint density at radius 3 is 2.67 bits per heavy atom. The quantitative estimate of drug-likeness (QED) is 0.703. The summed E-state index contributed by atoms with van der Waals surface area (Å²) >= 11 is 0. The van der Waals surface area contributed by atoms with Gasteiger partial charge in [0.25, 0.3) is 0 Å². The summed E-state index contributed by atoms with van der Waals surface area (Å²) in [5.74, 6) is 0.497. The zero-order chi connectivity index (χ0) is 13.0. The molecule has 1 aliphatic carbocycles. The molecule has 2 aliphatic rings. The van der Waals surface area contributed by atoms with Crippen molar-refractivity contribution in [3.63, 3.8) is 0 Å². The lowest BCUT2D eigenvalue weighted by atomic mass is 9.80. The standard InChI is InChI=1S/C13H24N2O3/c1-10(11-3-7-18-8-4-11)15-12(16)14-9-13(17)5-2-6-13/h10-11,17H,2-9H2,1H3,(H2,14,15,16). The van der Waals surface area contributed by atoms with Crippen LogP contribution >= 0.6 is 0 Å². The number of urea groups is 1. The zero-order valence-corrected chi connectivity index (χ0v) is 11.1. The molecule has 1 atom stereocenters. The van der Waals surface area contributed by atoms with Crippen LogP contribution in [0.25, 0.3) is 0 Å². The van der Waals surface area contributed by atoms with Gasteiger partial charge in [0.2, 0.25) is 0 Å². The molecule has 2 amide bonds. The SMILES string of the molecule is CC(NC(=O)NCC1(O)CCC1)C1CCOCC1. The molecule has 0 radical (unpaired) electrons. The van der Waals surface area contributed by atoms with Crippen molar-refractivity contribution in [1.29, 1.82) is 0 Å². The maximum atomic E-state index is 11.7. The van der Waals surface area contributed by atoms with E-state index in [1.165, 1.54) is 0 Å². The molecule has 2 rings (SSSR count). The lowest BCUT2D eigenvalue weighted by Gasteiger charge is -2.36. The third-order valence-electron chi connectivity index (χ3n) is 4.19. The van der Waals surface area contributed by atoms with Crippen molar-refractivity contribution in [3.05, 3.63) is 0 Å². The highest BCUT2D eigenvalue weighted by Crippen LogP contribution is 2.30. The van der Waals surface area contributed by atoms with Gasteiger partial charge in [-0.1, -0.05) is 0 Å². The Morgan fingerprint density at radius 2 is 2.11 bits per heavy atom. The Hall–Kier alpha value is -0.810. The molecule has 1 heterocycles. The van der Waals surface area contributed by atoms with Gasteiger partial charge in [0.05, 0.1) is 5.60 Å². The van der Waals surface area contributed by atoms with Crippen LogP contribution in [0.2, 0.25) is 0 Å². The Kier molecular flexibility index (Phi) is 4.45. The predicted octanol–water partition coefficient (Wildman–Crippen LogP) is 1.02. The highest BCUT2D eigenvalue weighted by atomic mass is 16.5. The van der Waals surface area contributed by atoms with E-state index in [0.29, 0.717) is 12.5 Å². The first-order chi connectivity index (χ1) is 8.59. The van der Waals surface area contributed by atoms with Gasteiger partial charge in [0, 0.05) is 25.8 Å². The van der Waals surface area contributed by atoms with Crippen LogP contribution in [0.4, 0.5) is 4.79 Å². The summed E-state index contributed by atoms with van der Waals surface area (Å²) in [6.45, 7) is 3.98. The first kappa shape index (κ1) is 13.6. The molecular formula is C13H24N2O3. The van der Waals surface area contributed by atoms with Gasteiger partial charge in [-0.2, -0.15) is 0 Å². The number of rotatable bonds is 4. The van der Waals surface area contributed by atoms with E-state index >= 15 is 0 Å². The van der Waals surface area contributed by atoms with Gasteiger partial charge < -0.3 is 20.5 Å². The number of ether oxygens (including phenoxy) is 1. The second kappa shape index (κ2) is 5.89. The smallest absolute Gasteiger partial charge is 0.315 e. The van der Waals surface area contributed by atoms with E-state index in [9.17, 15) is 9.90 Å². The monoisotopic (exact) mass is 256 g/mol. The van der Waals surface area contributed by atoms with Crippen molar-refractivity contribution in [2.45, 2.75) is 50.7 Å². The van der Waals surface area contributed by atoms with Gasteiger partial charge in [0.15, 0.2) is 0 Å². The number of hydrogen-bond acceptors (Lipinski definition) is 3. The molecule has 18 heavy (non-hydrogen) atoms. The lowest BCUT2D eigenvalue weighted by Crippen LogP contribution is -2.52. The molecule has 0 spiro atoms. The summed E-state index contributed by atoms with van der Waals surface area (Å²) in [6.07, 6.45) is 4.65. The Balaban J connectivity index is 1.66. The first-order valence-corrected chi connectivity index (χ1v) is 6.94. The zero-order valence-electron chi connectivity index (χ0n) is 11.1. The van der Waals surface area contributed by atoms with Crippen LogP contribution in [0.3, 0.4) is 0 Å². The van der Waals surface area contributed by atoms with E-state index in [2.05, 4.69) is 10.6 Å². The molecular weight excluding hydrogens is 232 g/mol. The molecule has 0 aromatic heterocycles. The minimum atomic E-state index is -0.654. The number of hydrogen-bond donors (Lipinski definition) is 3. The Morgan fingerprint density at radius 1 is 1.44 bits per heavy atom. The summed E-state index contributed by atoms with van der Waals surface area (Å²) in [5, 5.41) is 15.6. The maximum Gasteiger partial charge on any atom is 0.315 e. The molecule has 1 aliphatic heterocycles.